The van der Waals surface area contributed by atoms with E-state index in [9.17, 15) is 14.4 Å². The lowest BCUT2D eigenvalue weighted by atomic mass is 10.1. The first-order chi connectivity index (χ1) is 13.7. The Morgan fingerprint density at radius 2 is 1.83 bits per heavy atom. The van der Waals surface area contributed by atoms with Crippen molar-refractivity contribution in [3.8, 4) is 6.07 Å². The molecule has 152 valence electrons. The van der Waals surface area contributed by atoms with Crippen molar-refractivity contribution in [1.82, 2.24) is 9.88 Å². The molecule has 0 aliphatic rings. The highest BCUT2D eigenvalue weighted by Crippen LogP contribution is 2.22. The van der Waals surface area contributed by atoms with E-state index in [4.69, 9.17) is 10.00 Å². The number of aromatic nitrogens is 1. The Hall–Kier alpha value is -3.40. The van der Waals surface area contributed by atoms with Gasteiger partial charge in [-0.05, 0) is 44.0 Å². The number of benzene rings is 1. The molecule has 7 nitrogen and oxygen atoms in total. The number of ether oxygens (including phenoxy) is 1. The fourth-order valence-electron chi connectivity index (χ4n) is 3.21. The molecule has 0 aliphatic heterocycles. The Balaban J connectivity index is 2.32. The second kappa shape index (κ2) is 9.20. The first-order valence-corrected chi connectivity index (χ1v) is 9.28. The minimum Gasteiger partial charge on any atom is -0.465 e. The van der Waals surface area contributed by atoms with Crippen LogP contribution >= 0.6 is 0 Å². The summed E-state index contributed by atoms with van der Waals surface area (Å²) < 4.78 is 4.84. The molecular weight excluding hydrogens is 370 g/mol. The fourth-order valence-corrected chi connectivity index (χ4v) is 3.21. The van der Waals surface area contributed by atoms with Gasteiger partial charge in [0.1, 0.15) is 0 Å². The number of carbonyl (C=O) groups is 3. The van der Waals surface area contributed by atoms with Gasteiger partial charge in [-0.3, -0.25) is 9.59 Å². The number of esters is 1. The monoisotopic (exact) mass is 395 g/mol. The van der Waals surface area contributed by atoms with E-state index in [0.717, 1.165) is 5.56 Å². The summed E-state index contributed by atoms with van der Waals surface area (Å²) in [5.41, 5.74) is 2.83. The van der Waals surface area contributed by atoms with Crippen molar-refractivity contribution in [1.29, 1.82) is 5.26 Å². The van der Waals surface area contributed by atoms with E-state index >= 15 is 0 Å². The zero-order valence-electron chi connectivity index (χ0n) is 17.3. The molecule has 0 atom stereocenters. The van der Waals surface area contributed by atoms with Crippen LogP contribution in [0.2, 0.25) is 0 Å². The third-order valence-corrected chi connectivity index (χ3v) is 4.78. The third kappa shape index (κ3) is 4.91. The van der Waals surface area contributed by atoms with E-state index in [1.807, 2.05) is 26.0 Å². The molecule has 0 bridgehead atoms. The lowest BCUT2D eigenvalue weighted by Gasteiger charge is -2.27. The molecule has 2 aromatic rings. The molecule has 0 saturated heterocycles. The summed E-state index contributed by atoms with van der Waals surface area (Å²) in [6.45, 7) is 7.24. The maximum Gasteiger partial charge on any atom is 0.339 e. The Bertz CT molecular complexity index is 965. The number of nitrogens with one attached hydrogen (secondary N) is 1. The lowest BCUT2D eigenvalue weighted by molar-refractivity contribution is -0.132. The number of hydrogen-bond acceptors (Lipinski definition) is 5. The molecule has 0 spiro atoms. The molecule has 29 heavy (non-hydrogen) atoms. The summed E-state index contributed by atoms with van der Waals surface area (Å²) in [6.07, 6.45) is -0.0625. The highest BCUT2D eigenvalue weighted by molar-refractivity contribution is 6.01. The zero-order valence-corrected chi connectivity index (χ0v) is 17.3. The van der Waals surface area contributed by atoms with Gasteiger partial charge in [0.15, 0.2) is 5.78 Å². The number of hydrogen-bond donors (Lipinski definition) is 1. The number of amides is 1. The summed E-state index contributed by atoms with van der Waals surface area (Å²) in [6, 6.07) is 9.03. The largest absolute Gasteiger partial charge is 0.465 e. The van der Waals surface area contributed by atoms with Crippen LogP contribution in [0.5, 0.6) is 0 Å². The minimum absolute atomic E-state index is 0.0625. The van der Waals surface area contributed by atoms with Crippen LogP contribution in [0.3, 0.4) is 0 Å². The Kier molecular flexibility index (Phi) is 6.94. The van der Waals surface area contributed by atoms with Crippen molar-refractivity contribution >= 4 is 17.7 Å². The van der Waals surface area contributed by atoms with Crippen LogP contribution < -0.4 is 0 Å². The topological polar surface area (TPSA) is 103 Å². The van der Waals surface area contributed by atoms with E-state index in [1.54, 1.807) is 24.0 Å². The molecule has 0 unspecified atom stereocenters. The van der Waals surface area contributed by atoms with Crippen LogP contribution in [-0.2, 0) is 22.5 Å². The Morgan fingerprint density at radius 3 is 2.31 bits per heavy atom. The maximum absolute atomic E-state index is 13.1. The molecule has 0 radical (unpaired) electrons. The number of ketones is 1. The third-order valence-electron chi connectivity index (χ3n) is 4.78. The molecule has 0 fully saturated rings. The standard InChI is InChI=1S/C22H25N3O4/c1-13(2)25(12-17-8-6-16(11-23)7-9-17)19(27)10-18-20(22(28)29-5)14(3)21(24-18)15(4)26/h6-9,13,24H,10,12H2,1-5H3. The minimum atomic E-state index is -0.586. The highest BCUT2D eigenvalue weighted by atomic mass is 16.5. The van der Waals surface area contributed by atoms with E-state index in [1.165, 1.54) is 14.0 Å². The Labute approximate surface area is 170 Å². The van der Waals surface area contributed by atoms with E-state index in [2.05, 4.69) is 11.1 Å². The molecule has 0 saturated carbocycles. The van der Waals surface area contributed by atoms with E-state index < -0.39 is 5.97 Å². The van der Waals surface area contributed by atoms with Crippen molar-refractivity contribution in [3.63, 3.8) is 0 Å². The Morgan fingerprint density at radius 1 is 1.21 bits per heavy atom. The van der Waals surface area contributed by atoms with Crippen molar-refractivity contribution in [2.24, 2.45) is 0 Å². The number of nitrogens with zero attached hydrogens (tertiary/aromatic N) is 2. The predicted molar refractivity (Wildman–Crippen MR) is 107 cm³/mol. The molecule has 1 N–H and O–H groups in total. The number of methoxy groups -OCH3 is 1. The number of Topliss-reactive ketones (excluding diaryl/α,β-unsaturated/α-hetero) is 1. The van der Waals surface area contributed by atoms with Crippen LogP contribution in [0.1, 0.15) is 64.0 Å². The van der Waals surface area contributed by atoms with Crippen LogP contribution in [0.15, 0.2) is 24.3 Å². The molecular formula is C22H25N3O4. The van der Waals surface area contributed by atoms with Crippen LogP contribution in [0.25, 0.3) is 0 Å². The summed E-state index contributed by atoms with van der Waals surface area (Å²) >= 11 is 0. The van der Waals surface area contributed by atoms with E-state index in [0.29, 0.717) is 29.1 Å². The number of H-pyrrole nitrogens is 1. The van der Waals surface area contributed by atoms with Gasteiger partial charge < -0.3 is 14.6 Å². The average molecular weight is 395 g/mol. The van der Waals surface area contributed by atoms with Crippen molar-refractivity contribution in [2.45, 2.75) is 46.7 Å². The average Bonchev–Trinajstić information content (AvgIpc) is 3.01. The van der Waals surface area contributed by atoms with Crippen LogP contribution in [0, 0.1) is 18.3 Å². The first-order valence-electron chi connectivity index (χ1n) is 9.28. The highest BCUT2D eigenvalue weighted by Gasteiger charge is 2.26. The molecule has 7 heteroatoms. The molecule has 0 aliphatic carbocycles. The van der Waals surface area contributed by atoms with Gasteiger partial charge in [0.2, 0.25) is 5.91 Å². The summed E-state index contributed by atoms with van der Waals surface area (Å²) in [7, 11) is 1.26. The fraction of sp³-hybridized carbons (Fsp3) is 0.364. The number of carbonyl (C=O) groups excluding carboxylic acids is 3. The number of aromatic amines is 1. The summed E-state index contributed by atoms with van der Waals surface area (Å²) in [5, 5.41) is 8.93. The quantitative estimate of drug-likeness (QED) is 0.573. The summed E-state index contributed by atoms with van der Waals surface area (Å²) in [4.78, 5) is 41.8. The molecule has 1 aromatic heterocycles. The zero-order chi connectivity index (χ0) is 21.7. The van der Waals surface area contributed by atoms with Gasteiger partial charge in [-0.2, -0.15) is 5.26 Å². The molecule has 1 aromatic carbocycles. The van der Waals surface area contributed by atoms with Gasteiger partial charge in [-0.15, -0.1) is 0 Å². The number of rotatable bonds is 7. The van der Waals surface area contributed by atoms with Crippen molar-refractivity contribution in [3.05, 3.63) is 57.9 Å². The van der Waals surface area contributed by atoms with Gasteiger partial charge in [0.25, 0.3) is 0 Å². The first kappa shape index (κ1) is 21.9. The van der Waals surface area contributed by atoms with Crippen LogP contribution in [0.4, 0.5) is 0 Å². The number of nitriles is 1. The normalized spacial score (nSPS) is 10.5. The maximum atomic E-state index is 13.1. The predicted octanol–water partition coefficient (Wildman–Crippen LogP) is 3.16. The second-order valence-electron chi connectivity index (χ2n) is 7.13. The van der Waals surface area contributed by atoms with Gasteiger partial charge >= 0.3 is 5.97 Å². The summed E-state index contributed by atoms with van der Waals surface area (Å²) in [5.74, 6) is -0.993. The van der Waals surface area contributed by atoms with Crippen LogP contribution in [-0.4, -0.2) is 40.7 Å². The van der Waals surface area contributed by atoms with E-state index in [-0.39, 0.29) is 29.7 Å². The van der Waals surface area contributed by atoms with Gasteiger partial charge in [0.05, 0.1) is 36.4 Å². The van der Waals surface area contributed by atoms with Crippen molar-refractivity contribution in [2.75, 3.05) is 7.11 Å². The molecule has 1 amide bonds. The van der Waals surface area contributed by atoms with Gasteiger partial charge in [-0.1, -0.05) is 12.1 Å². The molecule has 1 heterocycles. The smallest absolute Gasteiger partial charge is 0.339 e. The van der Waals surface area contributed by atoms with Crippen molar-refractivity contribution < 1.29 is 19.1 Å². The lowest BCUT2D eigenvalue weighted by Crippen LogP contribution is -2.37. The second-order valence-corrected chi connectivity index (χ2v) is 7.13. The van der Waals surface area contributed by atoms with Gasteiger partial charge in [0, 0.05) is 25.2 Å². The molecule has 2 rings (SSSR count). The van der Waals surface area contributed by atoms with Gasteiger partial charge in [-0.25, -0.2) is 4.79 Å². The SMILES string of the molecule is COC(=O)c1c(CC(=O)N(Cc2ccc(C#N)cc2)C(C)C)[nH]c(C(C)=O)c1C.